The monoisotopic (exact) mass is 422 g/mol. The molecule has 0 radical (unpaired) electrons. The van der Waals surface area contributed by atoms with Crippen LogP contribution >= 0.6 is 11.8 Å². The molecule has 5 nitrogen and oxygen atoms in total. The SMILES string of the molecule is CC(C)[C@H](C)NC(=O)COC(=O)c1ccccc1Nc1ccc(SC(F)F)cc1. The molecule has 0 aliphatic rings. The van der Waals surface area contributed by atoms with Crippen LogP contribution in [-0.4, -0.2) is 30.3 Å². The fourth-order valence-electron chi connectivity index (χ4n) is 2.32. The summed E-state index contributed by atoms with van der Waals surface area (Å²) in [6.45, 7) is 5.48. The highest BCUT2D eigenvalue weighted by Crippen LogP contribution is 2.28. The van der Waals surface area contributed by atoms with E-state index < -0.39 is 11.7 Å². The van der Waals surface area contributed by atoms with Gasteiger partial charge in [-0.15, -0.1) is 0 Å². The molecule has 2 aromatic carbocycles. The van der Waals surface area contributed by atoms with Crippen LogP contribution in [0.1, 0.15) is 31.1 Å². The number of nitrogens with one attached hydrogen (secondary N) is 2. The zero-order chi connectivity index (χ0) is 21.4. The summed E-state index contributed by atoms with van der Waals surface area (Å²) < 4.78 is 30.0. The molecule has 2 N–H and O–H groups in total. The number of hydrogen-bond donors (Lipinski definition) is 2. The molecule has 0 aliphatic heterocycles. The predicted molar refractivity (Wildman–Crippen MR) is 111 cm³/mol. The molecule has 1 atom stereocenters. The number of carbonyl (C=O) groups is 2. The second-order valence-electron chi connectivity index (χ2n) is 6.75. The van der Waals surface area contributed by atoms with Crippen molar-refractivity contribution >= 4 is 35.0 Å². The molecule has 156 valence electrons. The largest absolute Gasteiger partial charge is 0.452 e. The summed E-state index contributed by atoms with van der Waals surface area (Å²) >= 11 is 0.463. The third kappa shape index (κ3) is 7.38. The van der Waals surface area contributed by atoms with Gasteiger partial charge in [-0.1, -0.05) is 37.7 Å². The first-order valence-corrected chi connectivity index (χ1v) is 10.0. The van der Waals surface area contributed by atoms with Crippen molar-refractivity contribution < 1.29 is 23.1 Å². The number of esters is 1. The Morgan fingerprint density at radius 3 is 2.31 bits per heavy atom. The van der Waals surface area contributed by atoms with E-state index >= 15 is 0 Å². The molecule has 0 unspecified atom stereocenters. The van der Waals surface area contributed by atoms with E-state index in [9.17, 15) is 18.4 Å². The van der Waals surface area contributed by atoms with E-state index in [0.29, 0.717) is 28.0 Å². The maximum atomic E-state index is 12.4. The van der Waals surface area contributed by atoms with Crippen LogP contribution in [0.4, 0.5) is 20.2 Å². The lowest BCUT2D eigenvalue weighted by atomic mass is 10.1. The molecule has 0 aromatic heterocycles. The van der Waals surface area contributed by atoms with Crippen LogP contribution < -0.4 is 10.6 Å². The van der Waals surface area contributed by atoms with Gasteiger partial charge in [0.2, 0.25) is 0 Å². The Balaban J connectivity index is 2.00. The van der Waals surface area contributed by atoms with E-state index in [1.807, 2.05) is 20.8 Å². The van der Waals surface area contributed by atoms with Crippen molar-refractivity contribution in [1.29, 1.82) is 0 Å². The first-order chi connectivity index (χ1) is 13.8. The molecule has 0 spiro atoms. The summed E-state index contributed by atoms with van der Waals surface area (Å²) in [7, 11) is 0. The third-order valence-corrected chi connectivity index (χ3v) is 4.95. The maximum absolute atomic E-state index is 12.4. The number of thioether (sulfide) groups is 1. The second-order valence-corrected chi connectivity index (χ2v) is 7.81. The van der Waals surface area contributed by atoms with Crippen molar-refractivity contribution in [3.63, 3.8) is 0 Å². The van der Waals surface area contributed by atoms with E-state index in [-0.39, 0.29) is 30.0 Å². The minimum Gasteiger partial charge on any atom is -0.452 e. The highest BCUT2D eigenvalue weighted by Gasteiger charge is 2.16. The minimum atomic E-state index is -2.48. The topological polar surface area (TPSA) is 67.4 Å². The van der Waals surface area contributed by atoms with Gasteiger partial charge in [0.05, 0.1) is 11.3 Å². The fraction of sp³-hybridized carbons (Fsp3) is 0.333. The third-order valence-electron chi connectivity index (χ3n) is 4.23. The van der Waals surface area contributed by atoms with E-state index in [4.69, 9.17) is 4.74 Å². The van der Waals surface area contributed by atoms with Crippen molar-refractivity contribution in [2.45, 2.75) is 37.5 Å². The Kier molecular flexibility index (Phi) is 8.45. The van der Waals surface area contributed by atoms with Crippen LogP contribution in [0.25, 0.3) is 0 Å². The van der Waals surface area contributed by atoms with Gasteiger partial charge in [0.25, 0.3) is 11.7 Å². The van der Waals surface area contributed by atoms with E-state index in [2.05, 4.69) is 10.6 Å². The Labute approximate surface area is 173 Å². The van der Waals surface area contributed by atoms with Gasteiger partial charge in [0, 0.05) is 16.6 Å². The smallest absolute Gasteiger partial charge is 0.340 e. The number of halogens is 2. The average Bonchev–Trinajstić information content (AvgIpc) is 2.67. The molecular formula is C21H24F2N2O3S. The normalized spacial score (nSPS) is 12.0. The minimum absolute atomic E-state index is 0.0265. The van der Waals surface area contributed by atoms with Crippen LogP contribution in [0.15, 0.2) is 53.4 Å². The molecule has 29 heavy (non-hydrogen) atoms. The van der Waals surface area contributed by atoms with Crippen molar-refractivity contribution in [2.24, 2.45) is 5.92 Å². The summed E-state index contributed by atoms with van der Waals surface area (Å²) in [6, 6.07) is 13.1. The Morgan fingerprint density at radius 1 is 1.03 bits per heavy atom. The Hall–Kier alpha value is -2.61. The van der Waals surface area contributed by atoms with Crippen LogP contribution in [0, 0.1) is 5.92 Å². The van der Waals surface area contributed by atoms with Crippen LogP contribution in [0.2, 0.25) is 0 Å². The number of hydrogen-bond acceptors (Lipinski definition) is 5. The van der Waals surface area contributed by atoms with Gasteiger partial charge in [-0.2, -0.15) is 8.78 Å². The van der Waals surface area contributed by atoms with Crippen molar-refractivity contribution in [2.75, 3.05) is 11.9 Å². The van der Waals surface area contributed by atoms with Gasteiger partial charge in [-0.05, 0) is 49.2 Å². The van der Waals surface area contributed by atoms with E-state index in [1.165, 1.54) is 0 Å². The number of alkyl halides is 2. The van der Waals surface area contributed by atoms with Crippen LogP contribution in [0.3, 0.4) is 0 Å². The molecule has 0 bridgehead atoms. The lowest BCUT2D eigenvalue weighted by Crippen LogP contribution is -2.38. The predicted octanol–water partition coefficient (Wildman–Crippen LogP) is 5.06. The lowest BCUT2D eigenvalue weighted by molar-refractivity contribution is -0.125. The standard InChI is InChI=1S/C21H24F2N2O3S/c1-13(2)14(3)24-19(26)12-28-20(27)17-6-4-5-7-18(17)25-15-8-10-16(11-9-15)29-21(22)23/h4-11,13-14,21,25H,12H2,1-3H3,(H,24,26)/t14-/m0/s1. The van der Waals surface area contributed by atoms with Gasteiger partial charge >= 0.3 is 5.97 Å². The highest BCUT2D eigenvalue weighted by atomic mass is 32.2. The second kappa shape index (κ2) is 10.8. The van der Waals surface area contributed by atoms with Crippen molar-refractivity contribution in [1.82, 2.24) is 5.32 Å². The number of carbonyl (C=O) groups excluding carboxylic acids is 2. The quantitative estimate of drug-likeness (QED) is 0.437. The summed E-state index contributed by atoms with van der Waals surface area (Å²) in [5.41, 5.74) is 1.39. The molecule has 1 amide bonds. The molecule has 0 heterocycles. The molecule has 0 aliphatic carbocycles. The van der Waals surface area contributed by atoms with Gasteiger partial charge < -0.3 is 15.4 Å². The number of amides is 1. The molecule has 2 aromatic rings. The van der Waals surface area contributed by atoms with Crippen LogP contribution in [-0.2, 0) is 9.53 Å². The van der Waals surface area contributed by atoms with Gasteiger partial charge in [0.15, 0.2) is 6.61 Å². The maximum Gasteiger partial charge on any atom is 0.340 e. The van der Waals surface area contributed by atoms with Crippen molar-refractivity contribution in [3.8, 4) is 0 Å². The molecule has 0 saturated heterocycles. The highest BCUT2D eigenvalue weighted by molar-refractivity contribution is 7.99. The van der Waals surface area contributed by atoms with Gasteiger partial charge in [0.1, 0.15) is 0 Å². The number of benzene rings is 2. The molecule has 0 saturated carbocycles. The van der Waals surface area contributed by atoms with E-state index in [0.717, 1.165) is 0 Å². The molecular weight excluding hydrogens is 398 g/mol. The lowest BCUT2D eigenvalue weighted by Gasteiger charge is -2.17. The molecule has 2 rings (SSSR count). The summed E-state index contributed by atoms with van der Waals surface area (Å²) in [5, 5.41) is 5.84. The zero-order valence-corrected chi connectivity index (χ0v) is 17.3. The van der Waals surface area contributed by atoms with Gasteiger partial charge in [-0.3, -0.25) is 4.79 Å². The van der Waals surface area contributed by atoms with Gasteiger partial charge in [-0.25, -0.2) is 4.79 Å². The Morgan fingerprint density at radius 2 is 1.69 bits per heavy atom. The summed E-state index contributed by atoms with van der Waals surface area (Å²) in [6.07, 6.45) is 0. The molecule has 8 heteroatoms. The number of ether oxygens (including phenoxy) is 1. The Bertz CT molecular complexity index is 829. The van der Waals surface area contributed by atoms with Crippen molar-refractivity contribution in [3.05, 3.63) is 54.1 Å². The first-order valence-electron chi connectivity index (χ1n) is 9.13. The number of rotatable bonds is 9. The number of para-hydroxylation sites is 1. The van der Waals surface area contributed by atoms with E-state index in [1.54, 1.807) is 48.5 Å². The average molecular weight is 422 g/mol. The molecule has 0 fully saturated rings. The van der Waals surface area contributed by atoms with Crippen LogP contribution in [0.5, 0.6) is 0 Å². The number of anilines is 2. The summed E-state index contributed by atoms with van der Waals surface area (Å²) in [5.74, 6) is -3.21. The summed E-state index contributed by atoms with van der Waals surface area (Å²) in [4.78, 5) is 24.8. The zero-order valence-electron chi connectivity index (χ0n) is 16.4. The fourth-order valence-corrected chi connectivity index (χ4v) is 2.82. The first kappa shape index (κ1) is 22.7.